The van der Waals surface area contributed by atoms with E-state index in [-0.39, 0.29) is 11.4 Å². The molecule has 2 aromatic rings. The summed E-state index contributed by atoms with van der Waals surface area (Å²) >= 11 is 0. The molecule has 36 heavy (non-hydrogen) atoms. The lowest BCUT2D eigenvalue weighted by molar-refractivity contribution is -0.123. The Morgan fingerprint density at radius 2 is 1.75 bits per heavy atom. The predicted molar refractivity (Wildman–Crippen MR) is 132 cm³/mol. The Kier molecular flexibility index (Phi) is 9.88. The number of aromatic nitrogens is 2. The summed E-state index contributed by atoms with van der Waals surface area (Å²) in [6.07, 6.45) is 2.31. The number of Topliss-reactive ketones (excluding diaryl/α,β-unsaturated/α-hetero) is 1. The summed E-state index contributed by atoms with van der Waals surface area (Å²) in [6.45, 7) is 3.19. The average molecular weight is 518 g/mol. The molecule has 0 radical (unpaired) electrons. The predicted octanol–water partition coefficient (Wildman–Crippen LogP) is 0.970. The van der Waals surface area contributed by atoms with Crippen molar-refractivity contribution >= 4 is 27.6 Å². The van der Waals surface area contributed by atoms with E-state index >= 15 is 0 Å². The molecule has 11 nitrogen and oxygen atoms in total. The van der Waals surface area contributed by atoms with E-state index < -0.39 is 45.4 Å². The minimum Gasteiger partial charge on any atom is -0.378 e. The highest BCUT2D eigenvalue weighted by Crippen LogP contribution is 2.10. The fourth-order valence-corrected chi connectivity index (χ4v) is 5.33. The number of amides is 3. The molecule has 1 aliphatic heterocycles. The molecule has 0 saturated carbocycles. The zero-order chi connectivity index (χ0) is 26.0. The number of nitrogens with one attached hydrogen (secondary N) is 2. The molecule has 1 aromatic heterocycles. The summed E-state index contributed by atoms with van der Waals surface area (Å²) in [7, 11) is -3.80. The first-order chi connectivity index (χ1) is 17.3. The van der Waals surface area contributed by atoms with Crippen molar-refractivity contribution < 1.29 is 27.5 Å². The smallest absolute Gasteiger partial charge is 0.318 e. The molecular formula is C24H31N5O6S. The van der Waals surface area contributed by atoms with Crippen molar-refractivity contribution in [3.05, 3.63) is 59.9 Å². The molecule has 0 spiro atoms. The van der Waals surface area contributed by atoms with E-state index in [1.807, 2.05) is 6.92 Å². The van der Waals surface area contributed by atoms with Gasteiger partial charge in [0, 0.05) is 19.3 Å². The fraction of sp³-hybridized carbons (Fsp3) is 0.458. The van der Waals surface area contributed by atoms with Crippen molar-refractivity contribution in [2.24, 2.45) is 0 Å². The van der Waals surface area contributed by atoms with E-state index in [4.69, 9.17) is 4.74 Å². The van der Waals surface area contributed by atoms with Crippen molar-refractivity contribution in [2.75, 3.05) is 32.1 Å². The van der Waals surface area contributed by atoms with Crippen LogP contribution in [0.1, 0.15) is 35.8 Å². The number of sulfone groups is 1. The lowest BCUT2D eigenvalue weighted by Gasteiger charge is -2.29. The van der Waals surface area contributed by atoms with Crippen LogP contribution in [0.15, 0.2) is 48.7 Å². The summed E-state index contributed by atoms with van der Waals surface area (Å²) in [5.74, 6) is -2.11. The average Bonchev–Trinajstić information content (AvgIpc) is 2.88. The molecular weight excluding hydrogens is 486 g/mol. The van der Waals surface area contributed by atoms with Crippen LogP contribution in [-0.2, 0) is 25.1 Å². The van der Waals surface area contributed by atoms with Crippen molar-refractivity contribution in [1.82, 2.24) is 25.7 Å². The maximum Gasteiger partial charge on any atom is 0.318 e. The number of hydrogen-bond donors (Lipinski definition) is 2. The molecule has 194 valence electrons. The van der Waals surface area contributed by atoms with Crippen LogP contribution in [0.5, 0.6) is 0 Å². The van der Waals surface area contributed by atoms with Gasteiger partial charge in [0.2, 0.25) is 11.7 Å². The highest BCUT2D eigenvalue weighted by atomic mass is 32.2. The topological polar surface area (TPSA) is 148 Å². The Morgan fingerprint density at radius 1 is 1.03 bits per heavy atom. The van der Waals surface area contributed by atoms with Crippen LogP contribution in [0.25, 0.3) is 0 Å². The third kappa shape index (κ3) is 8.09. The number of rotatable bonds is 11. The third-order valence-electron chi connectivity index (χ3n) is 5.60. The van der Waals surface area contributed by atoms with Gasteiger partial charge in [0.15, 0.2) is 9.84 Å². The van der Waals surface area contributed by atoms with Crippen LogP contribution >= 0.6 is 0 Å². The molecule has 1 aromatic carbocycles. The van der Waals surface area contributed by atoms with Gasteiger partial charge in [0.25, 0.3) is 0 Å². The zero-order valence-corrected chi connectivity index (χ0v) is 20.9. The Labute approximate surface area is 210 Å². The van der Waals surface area contributed by atoms with Gasteiger partial charge in [-0.2, -0.15) is 5.10 Å². The monoisotopic (exact) mass is 517 g/mol. The lowest BCUT2D eigenvalue weighted by Crippen LogP contribution is -2.57. The van der Waals surface area contributed by atoms with Crippen LogP contribution in [0, 0.1) is 0 Å². The molecule has 12 heteroatoms. The quantitative estimate of drug-likeness (QED) is 0.419. The van der Waals surface area contributed by atoms with E-state index in [9.17, 15) is 22.8 Å². The van der Waals surface area contributed by atoms with Crippen LogP contribution < -0.4 is 10.6 Å². The summed E-state index contributed by atoms with van der Waals surface area (Å²) in [4.78, 5) is 40.5. The van der Waals surface area contributed by atoms with Crippen molar-refractivity contribution in [3.63, 3.8) is 0 Å². The molecule has 1 saturated heterocycles. The van der Waals surface area contributed by atoms with E-state index in [1.54, 1.807) is 36.4 Å². The molecule has 2 heterocycles. The number of urea groups is 1. The molecule has 0 bridgehead atoms. The molecule has 2 N–H and O–H groups in total. The summed E-state index contributed by atoms with van der Waals surface area (Å²) in [5, 5.41) is 12.7. The maximum absolute atomic E-state index is 13.3. The SMILES string of the molecule is CCC[C@H](NC(=O)[C@H](CS(=O)(=O)Cc1ccccc1)NC(=O)N1CCOCC1)C(=O)c1cccnn1. The van der Waals surface area contributed by atoms with Gasteiger partial charge in [0.1, 0.15) is 11.7 Å². The highest BCUT2D eigenvalue weighted by molar-refractivity contribution is 7.90. The molecule has 3 amide bonds. The first kappa shape index (κ1) is 27.2. The second-order valence-electron chi connectivity index (χ2n) is 8.46. The van der Waals surface area contributed by atoms with Crippen LogP contribution in [0.4, 0.5) is 4.79 Å². The van der Waals surface area contributed by atoms with Gasteiger partial charge in [0.05, 0.1) is 30.8 Å². The number of ether oxygens (including phenoxy) is 1. The molecule has 2 atom stereocenters. The van der Waals surface area contributed by atoms with Gasteiger partial charge in [-0.15, -0.1) is 5.10 Å². The molecule has 1 fully saturated rings. The zero-order valence-electron chi connectivity index (χ0n) is 20.1. The number of hydrogen-bond acceptors (Lipinski definition) is 8. The van der Waals surface area contributed by atoms with Gasteiger partial charge in [-0.1, -0.05) is 43.7 Å². The number of ketones is 1. The van der Waals surface area contributed by atoms with Crippen molar-refractivity contribution in [3.8, 4) is 0 Å². The normalized spacial score (nSPS) is 15.5. The van der Waals surface area contributed by atoms with Crippen LogP contribution in [-0.4, -0.2) is 85.4 Å². The second kappa shape index (κ2) is 13.1. The van der Waals surface area contributed by atoms with E-state index in [0.717, 1.165) is 0 Å². The Bertz CT molecular complexity index is 1120. The van der Waals surface area contributed by atoms with Crippen molar-refractivity contribution in [2.45, 2.75) is 37.6 Å². The third-order valence-corrected chi connectivity index (χ3v) is 7.21. The van der Waals surface area contributed by atoms with Crippen LogP contribution in [0.3, 0.4) is 0 Å². The van der Waals surface area contributed by atoms with E-state index in [0.29, 0.717) is 44.7 Å². The van der Waals surface area contributed by atoms with Gasteiger partial charge in [-0.05, 0) is 24.1 Å². The Balaban J connectivity index is 1.78. The first-order valence-electron chi connectivity index (χ1n) is 11.8. The Morgan fingerprint density at radius 3 is 2.39 bits per heavy atom. The molecule has 3 rings (SSSR count). The number of carbonyl (C=O) groups excluding carboxylic acids is 3. The van der Waals surface area contributed by atoms with Gasteiger partial charge in [-0.25, -0.2) is 13.2 Å². The van der Waals surface area contributed by atoms with E-state index in [1.165, 1.54) is 17.2 Å². The standard InChI is InChI=1S/C24H31N5O6S/c1-2-7-19(22(30)20-10-6-11-25-28-20)26-23(31)21(27-24(32)29-12-14-35-15-13-29)17-36(33,34)16-18-8-4-3-5-9-18/h3-6,8-11,19,21H,2,7,12-17H2,1H3,(H,26,31)(H,27,32)/t19-,21-/m0/s1. The summed E-state index contributed by atoms with van der Waals surface area (Å²) < 4.78 is 31.2. The number of nitrogens with zero attached hydrogens (tertiary/aromatic N) is 3. The number of benzene rings is 1. The fourth-order valence-electron chi connectivity index (χ4n) is 3.77. The maximum atomic E-state index is 13.3. The second-order valence-corrected chi connectivity index (χ2v) is 10.6. The highest BCUT2D eigenvalue weighted by Gasteiger charge is 2.32. The number of carbonyl (C=O) groups is 3. The van der Waals surface area contributed by atoms with Crippen molar-refractivity contribution in [1.29, 1.82) is 0 Å². The van der Waals surface area contributed by atoms with E-state index in [2.05, 4.69) is 20.8 Å². The van der Waals surface area contributed by atoms with Gasteiger partial charge in [-0.3, -0.25) is 9.59 Å². The largest absolute Gasteiger partial charge is 0.378 e. The van der Waals surface area contributed by atoms with Gasteiger partial charge < -0.3 is 20.3 Å². The molecule has 0 aliphatic carbocycles. The minimum atomic E-state index is -3.80. The minimum absolute atomic E-state index is 0.0850. The number of morpholine rings is 1. The molecule has 1 aliphatic rings. The summed E-state index contributed by atoms with van der Waals surface area (Å²) in [6, 6.07) is 8.72. The summed E-state index contributed by atoms with van der Waals surface area (Å²) in [5.41, 5.74) is 0.653. The Hall–Kier alpha value is -3.38. The van der Waals surface area contributed by atoms with Gasteiger partial charge >= 0.3 is 6.03 Å². The molecule has 0 unspecified atom stereocenters. The van der Waals surface area contributed by atoms with Crippen LogP contribution in [0.2, 0.25) is 0 Å². The first-order valence-corrected chi connectivity index (χ1v) is 13.6. The lowest BCUT2D eigenvalue weighted by atomic mass is 10.0.